The Balaban J connectivity index is 1.60. The van der Waals surface area contributed by atoms with E-state index < -0.39 is 0 Å². The fourth-order valence-corrected chi connectivity index (χ4v) is 3.97. The van der Waals surface area contributed by atoms with E-state index >= 15 is 0 Å². The van der Waals surface area contributed by atoms with Crippen LogP contribution in [-0.4, -0.2) is 27.5 Å². The zero-order valence-electron chi connectivity index (χ0n) is 16.1. The van der Waals surface area contributed by atoms with E-state index in [1.165, 1.54) is 0 Å². The van der Waals surface area contributed by atoms with Gasteiger partial charge in [-0.05, 0) is 31.2 Å². The summed E-state index contributed by atoms with van der Waals surface area (Å²) in [6.45, 7) is 2.80. The standard InChI is InChI=1S/C23H25N3O2/c1-2-19(17-11-5-3-6-12-17)23(27)26-16-10-9-15-20(26)22-24-21(25-28-22)18-13-7-4-8-14-18/h3-8,11-14,19-20H,2,9-10,15-16H2,1H3. The van der Waals surface area contributed by atoms with E-state index in [9.17, 15) is 4.79 Å². The van der Waals surface area contributed by atoms with Crippen LogP contribution in [0.5, 0.6) is 0 Å². The molecule has 1 saturated heterocycles. The Morgan fingerprint density at radius 1 is 1.11 bits per heavy atom. The number of carbonyl (C=O) groups is 1. The maximum Gasteiger partial charge on any atom is 0.249 e. The number of rotatable bonds is 5. The molecule has 1 aromatic heterocycles. The maximum absolute atomic E-state index is 13.4. The molecule has 5 nitrogen and oxygen atoms in total. The molecule has 2 atom stereocenters. The van der Waals surface area contributed by atoms with Gasteiger partial charge in [0.05, 0.1) is 5.92 Å². The third-order valence-corrected chi connectivity index (χ3v) is 5.45. The van der Waals surface area contributed by atoms with Crippen molar-refractivity contribution in [3.63, 3.8) is 0 Å². The predicted octanol–water partition coefficient (Wildman–Crippen LogP) is 4.98. The van der Waals surface area contributed by atoms with Crippen LogP contribution in [0, 0.1) is 0 Å². The first-order valence-corrected chi connectivity index (χ1v) is 10.0. The molecular formula is C23H25N3O2. The van der Waals surface area contributed by atoms with Crippen LogP contribution in [-0.2, 0) is 4.79 Å². The smallest absolute Gasteiger partial charge is 0.249 e. The van der Waals surface area contributed by atoms with E-state index in [0.29, 0.717) is 11.7 Å². The Morgan fingerprint density at radius 2 is 1.82 bits per heavy atom. The summed E-state index contributed by atoms with van der Waals surface area (Å²) in [5, 5.41) is 4.15. The lowest BCUT2D eigenvalue weighted by Gasteiger charge is -2.35. The van der Waals surface area contributed by atoms with Gasteiger partial charge in [0.25, 0.3) is 0 Å². The average molecular weight is 375 g/mol. The van der Waals surface area contributed by atoms with Gasteiger partial charge in [-0.15, -0.1) is 0 Å². The van der Waals surface area contributed by atoms with Crippen molar-refractivity contribution in [3.8, 4) is 11.4 Å². The highest BCUT2D eigenvalue weighted by molar-refractivity contribution is 5.84. The second-order valence-electron chi connectivity index (χ2n) is 7.24. The van der Waals surface area contributed by atoms with Crippen molar-refractivity contribution in [3.05, 3.63) is 72.1 Å². The lowest BCUT2D eigenvalue weighted by molar-refractivity contribution is -0.137. The number of hydrogen-bond acceptors (Lipinski definition) is 4. The molecule has 0 N–H and O–H groups in total. The number of aromatic nitrogens is 2. The molecule has 2 heterocycles. The summed E-state index contributed by atoms with van der Waals surface area (Å²) in [6, 6.07) is 19.7. The van der Waals surface area contributed by atoms with Crippen LogP contribution in [0.25, 0.3) is 11.4 Å². The van der Waals surface area contributed by atoms with Crippen molar-refractivity contribution in [2.24, 2.45) is 0 Å². The van der Waals surface area contributed by atoms with Gasteiger partial charge in [0.2, 0.25) is 17.6 Å². The molecule has 0 saturated carbocycles. The summed E-state index contributed by atoms with van der Waals surface area (Å²) >= 11 is 0. The number of benzene rings is 2. The van der Waals surface area contributed by atoms with Crippen LogP contribution in [0.4, 0.5) is 0 Å². The lowest BCUT2D eigenvalue weighted by atomic mass is 9.92. The molecule has 3 aromatic rings. The van der Waals surface area contributed by atoms with E-state index in [4.69, 9.17) is 4.52 Å². The summed E-state index contributed by atoms with van der Waals surface area (Å²) in [7, 11) is 0. The second-order valence-corrected chi connectivity index (χ2v) is 7.24. The Hall–Kier alpha value is -2.95. The molecule has 1 fully saturated rings. The van der Waals surface area contributed by atoms with Gasteiger partial charge in [0.1, 0.15) is 6.04 Å². The van der Waals surface area contributed by atoms with Gasteiger partial charge in [-0.1, -0.05) is 72.7 Å². The molecule has 2 unspecified atom stereocenters. The van der Waals surface area contributed by atoms with Crippen LogP contribution in [0.3, 0.4) is 0 Å². The zero-order chi connectivity index (χ0) is 19.3. The molecular weight excluding hydrogens is 350 g/mol. The van der Waals surface area contributed by atoms with Crippen molar-refractivity contribution < 1.29 is 9.32 Å². The molecule has 28 heavy (non-hydrogen) atoms. The Kier molecular flexibility index (Phi) is 5.51. The Bertz CT molecular complexity index is 908. The van der Waals surface area contributed by atoms with Crippen LogP contribution in [0.15, 0.2) is 65.2 Å². The first kappa shape index (κ1) is 18.4. The van der Waals surface area contributed by atoms with Crippen molar-refractivity contribution in [2.75, 3.05) is 6.54 Å². The van der Waals surface area contributed by atoms with Crippen molar-refractivity contribution in [2.45, 2.75) is 44.6 Å². The van der Waals surface area contributed by atoms with Gasteiger partial charge in [-0.25, -0.2) is 0 Å². The predicted molar refractivity (Wildman–Crippen MR) is 108 cm³/mol. The molecule has 0 bridgehead atoms. The summed E-state index contributed by atoms with van der Waals surface area (Å²) in [5.74, 6) is 1.12. The average Bonchev–Trinajstić information content (AvgIpc) is 3.26. The van der Waals surface area contributed by atoms with Crippen molar-refractivity contribution in [1.82, 2.24) is 15.0 Å². The van der Waals surface area contributed by atoms with Crippen LogP contribution in [0.1, 0.15) is 56.0 Å². The van der Waals surface area contributed by atoms with Gasteiger partial charge in [0.15, 0.2) is 0 Å². The monoisotopic (exact) mass is 375 g/mol. The van der Waals surface area contributed by atoms with Gasteiger partial charge >= 0.3 is 0 Å². The summed E-state index contributed by atoms with van der Waals surface area (Å²) in [5.41, 5.74) is 1.98. The number of likely N-dealkylation sites (tertiary alicyclic amines) is 1. The van der Waals surface area contributed by atoms with Crippen LogP contribution in [0.2, 0.25) is 0 Å². The molecule has 144 valence electrons. The summed E-state index contributed by atoms with van der Waals surface area (Å²) in [4.78, 5) is 20.0. The van der Waals surface area contributed by atoms with Gasteiger partial charge in [-0.2, -0.15) is 4.98 Å². The quantitative estimate of drug-likeness (QED) is 0.631. The first-order chi connectivity index (χ1) is 13.8. The van der Waals surface area contributed by atoms with E-state index in [1.54, 1.807) is 0 Å². The minimum atomic E-state index is -0.149. The highest BCUT2D eigenvalue weighted by Crippen LogP contribution is 2.34. The zero-order valence-corrected chi connectivity index (χ0v) is 16.1. The minimum absolute atomic E-state index is 0.140. The maximum atomic E-state index is 13.4. The Morgan fingerprint density at radius 3 is 2.54 bits per heavy atom. The van der Waals surface area contributed by atoms with Gasteiger partial charge in [-0.3, -0.25) is 4.79 Å². The van der Waals surface area contributed by atoms with Gasteiger partial charge < -0.3 is 9.42 Å². The number of amides is 1. The summed E-state index contributed by atoms with van der Waals surface area (Å²) < 4.78 is 5.60. The second kappa shape index (κ2) is 8.38. The number of carbonyl (C=O) groups excluding carboxylic acids is 1. The summed E-state index contributed by atoms with van der Waals surface area (Å²) in [6.07, 6.45) is 3.69. The van der Waals surface area contributed by atoms with Crippen LogP contribution >= 0.6 is 0 Å². The normalized spacial score (nSPS) is 18.0. The third kappa shape index (κ3) is 3.70. The van der Waals surface area contributed by atoms with E-state index in [-0.39, 0.29) is 17.9 Å². The Labute approximate surface area is 165 Å². The molecule has 4 rings (SSSR count). The largest absolute Gasteiger partial charge is 0.337 e. The van der Waals surface area contributed by atoms with Crippen molar-refractivity contribution in [1.29, 1.82) is 0 Å². The highest BCUT2D eigenvalue weighted by atomic mass is 16.5. The van der Waals surface area contributed by atoms with E-state index in [1.807, 2.05) is 65.6 Å². The lowest BCUT2D eigenvalue weighted by Crippen LogP contribution is -2.41. The fourth-order valence-electron chi connectivity index (χ4n) is 3.97. The molecule has 0 radical (unpaired) electrons. The molecule has 1 aliphatic heterocycles. The van der Waals surface area contributed by atoms with Crippen LogP contribution < -0.4 is 0 Å². The third-order valence-electron chi connectivity index (χ3n) is 5.45. The first-order valence-electron chi connectivity index (χ1n) is 10.0. The molecule has 0 spiro atoms. The SMILES string of the molecule is CCC(C(=O)N1CCCCC1c1nc(-c2ccccc2)no1)c1ccccc1. The van der Waals surface area contributed by atoms with Gasteiger partial charge in [0, 0.05) is 12.1 Å². The topological polar surface area (TPSA) is 59.2 Å². The van der Waals surface area contributed by atoms with E-state index in [2.05, 4.69) is 17.1 Å². The number of hydrogen-bond donors (Lipinski definition) is 0. The molecule has 2 aromatic carbocycles. The molecule has 5 heteroatoms. The molecule has 0 aliphatic carbocycles. The fraction of sp³-hybridized carbons (Fsp3) is 0.348. The van der Waals surface area contributed by atoms with Crippen molar-refractivity contribution >= 4 is 5.91 Å². The molecule has 1 amide bonds. The highest BCUT2D eigenvalue weighted by Gasteiger charge is 2.35. The van der Waals surface area contributed by atoms with E-state index in [0.717, 1.165) is 43.4 Å². The number of piperidine rings is 1. The molecule has 1 aliphatic rings. The number of nitrogens with zero attached hydrogens (tertiary/aromatic N) is 3. The minimum Gasteiger partial charge on any atom is -0.337 e.